The number of halogens is 4. The van der Waals surface area contributed by atoms with Crippen LogP contribution in [0.5, 0.6) is 5.75 Å². The van der Waals surface area contributed by atoms with Gasteiger partial charge < -0.3 is 9.84 Å². The fraction of sp³-hybridized carbons (Fsp3) is 0.125. The second kappa shape index (κ2) is 3.83. The van der Waals surface area contributed by atoms with E-state index >= 15 is 0 Å². The molecule has 0 saturated carbocycles. The predicted molar refractivity (Wildman–Crippen MR) is 38.4 cm³/mol. The van der Waals surface area contributed by atoms with Gasteiger partial charge in [0.1, 0.15) is 18.2 Å². The lowest BCUT2D eigenvalue weighted by atomic mass is 10.2. The molecule has 0 amide bonds. The van der Waals surface area contributed by atoms with Gasteiger partial charge in [-0.25, -0.2) is 4.39 Å². The predicted octanol–water partition coefficient (Wildman–Crippen LogP) is 2.61. The number of ether oxygens (including phenoxy) is 1. The van der Waals surface area contributed by atoms with Crippen LogP contribution in [-0.2, 0) is 0 Å². The molecule has 0 spiro atoms. The van der Waals surface area contributed by atoms with Gasteiger partial charge in [0.15, 0.2) is 0 Å². The Morgan fingerprint density at radius 3 is 2.43 bits per heavy atom. The molecule has 0 saturated heterocycles. The van der Waals surface area contributed by atoms with Gasteiger partial charge in [-0.2, -0.15) is 0 Å². The molecule has 0 heterocycles. The SMILES string of the molecule is O[CH]c1cc(OC(F)(F)F)ccc1F. The maximum Gasteiger partial charge on any atom is 0.573 e. The van der Waals surface area contributed by atoms with Crippen molar-refractivity contribution in [3.05, 3.63) is 36.2 Å². The first-order valence-electron chi connectivity index (χ1n) is 3.45. The van der Waals surface area contributed by atoms with E-state index in [4.69, 9.17) is 5.11 Å². The number of hydrogen-bond donors (Lipinski definition) is 1. The molecular weight excluding hydrogens is 204 g/mol. The number of rotatable bonds is 2. The standard InChI is InChI=1S/C8H5F4O2/c9-7-2-1-6(3-5(7)4-13)14-8(10,11)12/h1-4,13H. The van der Waals surface area contributed by atoms with Crippen LogP contribution in [0.25, 0.3) is 0 Å². The molecule has 0 aliphatic heterocycles. The van der Waals surface area contributed by atoms with E-state index in [9.17, 15) is 17.6 Å². The van der Waals surface area contributed by atoms with Crippen molar-refractivity contribution in [3.8, 4) is 5.75 Å². The number of aliphatic hydroxyl groups excluding tert-OH is 1. The fourth-order valence-corrected chi connectivity index (χ4v) is 0.818. The Hall–Kier alpha value is -1.30. The number of aliphatic hydroxyl groups is 1. The van der Waals surface area contributed by atoms with Crippen LogP contribution in [0.2, 0.25) is 0 Å². The van der Waals surface area contributed by atoms with Crippen LogP contribution in [0.15, 0.2) is 18.2 Å². The summed E-state index contributed by atoms with van der Waals surface area (Å²) in [6, 6.07) is 2.32. The van der Waals surface area contributed by atoms with Crippen LogP contribution in [0.4, 0.5) is 17.6 Å². The van der Waals surface area contributed by atoms with Gasteiger partial charge >= 0.3 is 6.36 Å². The molecule has 6 heteroatoms. The lowest BCUT2D eigenvalue weighted by Crippen LogP contribution is -2.17. The van der Waals surface area contributed by atoms with Crippen molar-refractivity contribution < 1.29 is 27.4 Å². The summed E-state index contributed by atoms with van der Waals surface area (Å²) in [6.45, 7) is 0.360. The average Bonchev–Trinajstić information content (AvgIpc) is 2.06. The first-order chi connectivity index (χ1) is 6.42. The first-order valence-corrected chi connectivity index (χ1v) is 3.45. The molecule has 0 unspecified atom stereocenters. The average molecular weight is 209 g/mol. The van der Waals surface area contributed by atoms with Crippen molar-refractivity contribution in [2.24, 2.45) is 0 Å². The highest BCUT2D eigenvalue weighted by Crippen LogP contribution is 2.24. The van der Waals surface area contributed by atoms with Crippen LogP contribution >= 0.6 is 0 Å². The lowest BCUT2D eigenvalue weighted by Gasteiger charge is -2.09. The topological polar surface area (TPSA) is 29.5 Å². The highest BCUT2D eigenvalue weighted by molar-refractivity contribution is 5.32. The molecule has 0 aromatic heterocycles. The Kier molecular flexibility index (Phi) is 2.95. The molecule has 0 aliphatic carbocycles. The van der Waals surface area contributed by atoms with E-state index in [1.54, 1.807) is 0 Å². The number of benzene rings is 1. The maximum atomic E-state index is 12.7. The zero-order valence-electron chi connectivity index (χ0n) is 6.68. The minimum atomic E-state index is -4.83. The van der Waals surface area contributed by atoms with E-state index in [0.717, 1.165) is 18.2 Å². The highest BCUT2D eigenvalue weighted by atomic mass is 19.4. The van der Waals surface area contributed by atoms with Gasteiger partial charge in [0, 0.05) is 5.56 Å². The van der Waals surface area contributed by atoms with Gasteiger partial charge in [-0.15, -0.1) is 13.2 Å². The Morgan fingerprint density at radius 2 is 1.93 bits per heavy atom. The summed E-state index contributed by atoms with van der Waals surface area (Å²) in [7, 11) is 0. The highest BCUT2D eigenvalue weighted by Gasteiger charge is 2.31. The van der Waals surface area contributed by atoms with Crippen LogP contribution < -0.4 is 4.74 Å². The fourth-order valence-electron chi connectivity index (χ4n) is 0.818. The summed E-state index contributed by atoms with van der Waals surface area (Å²) in [5.74, 6) is -1.42. The smallest absolute Gasteiger partial charge is 0.406 e. The molecule has 0 aliphatic rings. The quantitative estimate of drug-likeness (QED) is 0.758. The third-order valence-electron chi connectivity index (χ3n) is 1.34. The molecular formula is C8H5F4O2. The summed E-state index contributed by atoms with van der Waals surface area (Å²) in [5, 5.41) is 8.44. The molecule has 1 aromatic rings. The normalized spacial score (nSPS) is 11.5. The monoisotopic (exact) mass is 209 g/mol. The number of hydrogen-bond acceptors (Lipinski definition) is 2. The van der Waals surface area contributed by atoms with E-state index in [0.29, 0.717) is 6.61 Å². The lowest BCUT2D eigenvalue weighted by molar-refractivity contribution is -0.274. The van der Waals surface area contributed by atoms with E-state index < -0.39 is 17.9 Å². The number of alkyl halides is 3. The van der Waals surface area contributed by atoms with Gasteiger partial charge in [-0.05, 0) is 18.2 Å². The summed E-state index contributed by atoms with van der Waals surface area (Å²) >= 11 is 0. The Labute approximate surface area is 76.7 Å². The van der Waals surface area contributed by atoms with Gasteiger partial charge in [0.25, 0.3) is 0 Å². The minimum Gasteiger partial charge on any atom is -0.406 e. The van der Waals surface area contributed by atoms with Gasteiger partial charge in [0.2, 0.25) is 0 Å². The van der Waals surface area contributed by atoms with Crippen molar-refractivity contribution in [2.45, 2.75) is 6.36 Å². The van der Waals surface area contributed by atoms with Crippen molar-refractivity contribution in [1.82, 2.24) is 0 Å². The van der Waals surface area contributed by atoms with Crippen molar-refractivity contribution >= 4 is 0 Å². The molecule has 0 fully saturated rings. The summed E-state index contributed by atoms with van der Waals surface area (Å²) in [4.78, 5) is 0. The van der Waals surface area contributed by atoms with E-state index in [1.807, 2.05) is 0 Å². The maximum absolute atomic E-state index is 12.7. The Balaban J connectivity index is 2.90. The Morgan fingerprint density at radius 1 is 1.29 bits per heavy atom. The van der Waals surface area contributed by atoms with Gasteiger partial charge in [0.05, 0.1) is 0 Å². The summed E-state index contributed by atoms with van der Waals surface area (Å²) in [5.41, 5.74) is -0.369. The van der Waals surface area contributed by atoms with E-state index in [-0.39, 0.29) is 5.56 Å². The molecule has 77 valence electrons. The van der Waals surface area contributed by atoms with Gasteiger partial charge in [-0.3, -0.25) is 0 Å². The second-order valence-electron chi connectivity index (χ2n) is 2.36. The van der Waals surface area contributed by atoms with Crippen molar-refractivity contribution in [3.63, 3.8) is 0 Å². The Bertz CT molecular complexity index is 322. The third-order valence-corrected chi connectivity index (χ3v) is 1.34. The van der Waals surface area contributed by atoms with Crippen LogP contribution in [0.3, 0.4) is 0 Å². The van der Waals surface area contributed by atoms with Crippen LogP contribution in [0.1, 0.15) is 5.56 Å². The van der Waals surface area contributed by atoms with Gasteiger partial charge in [-0.1, -0.05) is 0 Å². The molecule has 1 aromatic carbocycles. The molecule has 1 rings (SSSR count). The zero-order chi connectivity index (χ0) is 10.8. The molecule has 0 atom stereocenters. The zero-order valence-corrected chi connectivity index (χ0v) is 6.68. The molecule has 2 nitrogen and oxygen atoms in total. The first kappa shape index (κ1) is 10.8. The summed E-state index contributed by atoms with van der Waals surface area (Å²) < 4.78 is 51.2. The van der Waals surface area contributed by atoms with Crippen LogP contribution in [0, 0.1) is 12.4 Å². The van der Waals surface area contributed by atoms with Crippen molar-refractivity contribution in [1.29, 1.82) is 0 Å². The summed E-state index contributed by atoms with van der Waals surface area (Å²) in [6.07, 6.45) is -4.83. The largest absolute Gasteiger partial charge is 0.573 e. The molecule has 1 N–H and O–H groups in total. The van der Waals surface area contributed by atoms with Crippen molar-refractivity contribution in [2.75, 3.05) is 0 Å². The minimum absolute atomic E-state index is 0.360. The molecule has 14 heavy (non-hydrogen) atoms. The van der Waals surface area contributed by atoms with E-state index in [2.05, 4.69) is 4.74 Å². The molecule has 0 bridgehead atoms. The third kappa shape index (κ3) is 2.88. The van der Waals surface area contributed by atoms with Crippen LogP contribution in [-0.4, -0.2) is 11.5 Å². The second-order valence-corrected chi connectivity index (χ2v) is 2.36. The van der Waals surface area contributed by atoms with E-state index in [1.165, 1.54) is 0 Å². The molecule has 1 radical (unpaired) electrons.